The van der Waals surface area contributed by atoms with Crippen molar-refractivity contribution in [2.24, 2.45) is 0 Å². The Morgan fingerprint density at radius 1 is 0.380 bits per heavy atom. The third-order valence-corrected chi connectivity index (χ3v) is 10.3. The summed E-state index contributed by atoms with van der Waals surface area (Å²) in [5, 5.41) is 8.45. The maximum atomic E-state index is 5.30. The lowest BCUT2D eigenvalue weighted by Gasteiger charge is -2.12. The maximum Gasteiger partial charge on any atom is 0.235 e. The molecule has 4 nitrogen and oxygen atoms in total. The molecule has 232 valence electrons. The van der Waals surface area contributed by atoms with Crippen LogP contribution in [-0.2, 0) is 0 Å². The molecule has 0 fully saturated rings. The van der Waals surface area contributed by atoms with E-state index in [-0.39, 0.29) is 0 Å². The zero-order valence-corrected chi connectivity index (χ0v) is 27.0. The Hall–Kier alpha value is -6.78. The topological polar surface area (TPSA) is 35.6 Å². The van der Waals surface area contributed by atoms with Gasteiger partial charge in [-0.15, -0.1) is 0 Å². The number of para-hydroxylation sites is 3. The highest BCUT2D eigenvalue weighted by Crippen LogP contribution is 2.43. The van der Waals surface area contributed by atoms with E-state index in [4.69, 9.17) is 9.97 Å². The van der Waals surface area contributed by atoms with Gasteiger partial charge in [0.05, 0.1) is 33.3 Å². The Labute approximate surface area is 287 Å². The molecule has 11 rings (SSSR count). The molecular weight excluding hydrogens is 609 g/mol. The minimum Gasteiger partial charge on any atom is -0.309 e. The van der Waals surface area contributed by atoms with Gasteiger partial charge in [0.2, 0.25) is 5.95 Å². The van der Waals surface area contributed by atoms with Crippen molar-refractivity contribution in [1.82, 2.24) is 19.1 Å². The first-order chi connectivity index (χ1) is 24.8. The standard InChI is InChI=1S/C46H28N4/c1-3-12-30(13-4-1)45-37-18-7-9-19-38(37)47-46(48-45)50-40-21-11-14-29-22-25-36-33(26-27-41(50)44(36)43(29)40)31-23-24-35-34-17-8-10-20-39(34)49(42(35)28-31)32-15-5-2-6-16-32/h1-28H. The van der Waals surface area contributed by atoms with Crippen LogP contribution >= 0.6 is 0 Å². The van der Waals surface area contributed by atoms with E-state index in [2.05, 4.69) is 167 Å². The maximum absolute atomic E-state index is 5.30. The van der Waals surface area contributed by atoms with E-state index >= 15 is 0 Å². The van der Waals surface area contributed by atoms with Crippen LogP contribution in [0.1, 0.15) is 0 Å². The number of hydrogen-bond donors (Lipinski definition) is 0. The van der Waals surface area contributed by atoms with Gasteiger partial charge in [0, 0.05) is 38.2 Å². The molecule has 0 spiro atoms. The van der Waals surface area contributed by atoms with Gasteiger partial charge in [-0.25, -0.2) is 9.97 Å². The van der Waals surface area contributed by atoms with Crippen molar-refractivity contribution in [1.29, 1.82) is 0 Å². The van der Waals surface area contributed by atoms with Crippen LogP contribution in [-0.4, -0.2) is 19.1 Å². The summed E-state index contributed by atoms with van der Waals surface area (Å²) in [6, 6.07) is 60.7. The first-order valence-corrected chi connectivity index (χ1v) is 17.0. The van der Waals surface area contributed by atoms with Crippen LogP contribution in [0.4, 0.5) is 0 Å². The average Bonchev–Trinajstić information content (AvgIpc) is 3.70. The van der Waals surface area contributed by atoms with Gasteiger partial charge in [-0.1, -0.05) is 127 Å². The van der Waals surface area contributed by atoms with Crippen LogP contribution in [0.5, 0.6) is 0 Å². The fourth-order valence-corrected chi connectivity index (χ4v) is 8.13. The monoisotopic (exact) mass is 636 g/mol. The number of hydrogen-bond acceptors (Lipinski definition) is 2. The number of fused-ring (bicyclic) bond motifs is 4. The molecule has 0 atom stereocenters. The van der Waals surface area contributed by atoms with Gasteiger partial charge < -0.3 is 4.57 Å². The van der Waals surface area contributed by atoms with Gasteiger partial charge in [-0.2, -0.15) is 0 Å². The van der Waals surface area contributed by atoms with E-state index in [1.165, 1.54) is 54.5 Å². The zero-order chi connectivity index (χ0) is 32.8. The molecule has 0 N–H and O–H groups in total. The van der Waals surface area contributed by atoms with Crippen molar-refractivity contribution < 1.29 is 0 Å². The molecule has 0 saturated heterocycles. The van der Waals surface area contributed by atoms with Crippen LogP contribution in [0.3, 0.4) is 0 Å². The fourth-order valence-electron chi connectivity index (χ4n) is 8.13. The minimum absolute atomic E-state index is 0.675. The van der Waals surface area contributed by atoms with Gasteiger partial charge in [-0.05, 0) is 64.4 Å². The molecule has 4 heteroatoms. The second-order valence-corrected chi connectivity index (χ2v) is 13.0. The smallest absolute Gasteiger partial charge is 0.235 e. The first-order valence-electron chi connectivity index (χ1n) is 17.0. The molecule has 0 unspecified atom stereocenters. The van der Waals surface area contributed by atoms with E-state index in [1.807, 2.05) is 12.1 Å². The third-order valence-electron chi connectivity index (χ3n) is 10.3. The highest BCUT2D eigenvalue weighted by Gasteiger charge is 2.22. The summed E-state index contributed by atoms with van der Waals surface area (Å²) in [7, 11) is 0. The van der Waals surface area contributed by atoms with E-state index in [0.29, 0.717) is 5.95 Å². The Bertz CT molecular complexity index is 3080. The highest BCUT2D eigenvalue weighted by molar-refractivity contribution is 6.26. The Balaban J connectivity index is 1.19. The molecule has 0 radical (unpaired) electrons. The first kappa shape index (κ1) is 27.2. The predicted molar refractivity (Wildman–Crippen MR) is 208 cm³/mol. The molecular formula is C46H28N4. The lowest BCUT2D eigenvalue weighted by Crippen LogP contribution is -2.03. The summed E-state index contributed by atoms with van der Waals surface area (Å²) < 4.78 is 4.64. The Morgan fingerprint density at radius 2 is 1.08 bits per heavy atom. The minimum atomic E-state index is 0.675. The molecule has 50 heavy (non-hydrogen) atoms. The Morgan fingerprint density at radius 3 is 1.96 bits per heavy atom. The molecule has 3 aromatic heterocycles. The van der Waals surface area contributed by atoms with Crippen LogP contribution in [0.25, 0.3) is 99.3 Å². The van der Waals surface area contributed by atoms with Gasteiger partial charge in [-0.3, -0.25) is 4.57 Å². The normalized spacial score (nSPS) is 12.0. The average molecular weight is 637 g/mol. The van der Waals surface area contributed by atoms with Gasteiger partial charge in [0.15, 0.2) is 0 Å². The van der Waals surface area contributed by atoms with Crippen molar-refractivity contribution in [3.8, 4) is 34.0 Å². The second kappa shape index (κ2) is 10.4. The van der Waals surface area contributed by atoms with Crippen molar-refractivity contribution in [2.45, 2.75) is 0 Å². The summed E-state index contributed by atoms with van der Waals surface area (Å²) in [6.45, 7) is 0. The second-order valence-electron chi connectivity index (χ2n) is 13.0. The quantitative estimate of drug-likeness (QED) is 0.180. The number of rotatable bonds is 4. The number of benzene rings is 8. The van der Waals surface area contributed by atoms with Crippen LogP contribution in [0.15, 0.2) is 170 Å². The largest absolute Gasteiger partial charge is 0.309 e. The molecule has 0 bridgehead atoms. The molecule has 0 aliphatic rings. The van der Waals surface area contributed by atoms with Gasteiger partial charge in [0.1, 0.15) is 0 Å². The highest BCUT2D eigenvalue weighted by atomic mass is 15.2. The molecule has 0 aliphatic carbocycles. The third kappa shape index (κ3) is 3.81. The van der Waals surface area contributed by atoms with Gasteiger partial charge in [0.25, 0.3) is 0 Å². The van der Waals surface area contributed by atoms with E-state index in [0.717, 1.165) is 38.9 Å². The van der Waals surface area contributed by atoms with Crippen LogP contribution in [0, 0.1) is 0 Å². The lowest BCUT2D eigenvalue weighted by molar-refractivity contribution is 1.01. The van der Waals surface area contributed by atoms with Gasteiger partial charge >= 0.3 is 0 Å². The van der Waals surface area contributed by atoms with Crippen LogP contribution in [0.2, 0.25) is 0 Å². The van der Waals surface area contributed by atoms with Crippen molar-refractivity contribution >= 4 is 65.3 Å². The zero-order valence-electron chi connectivity index (χ0n) is 27.0. The predicted octanol–water partition coefficient (Wildman–Crippen LogP) is 11.7. The molecule has 0 amide bonds. The van der Waals surface area contributed by atoms with E-state index in [9.17, 15) is 0 Å². The summed E-state index contributed by atoms with van der Waals surface area (Å²) in [5.41, 5.74) is 11.1. The van der Waals surface area contributed by atoms with Crippen LogP contribution < -0.4 is 0 Å². The van der Waals surface area contributed by atoms with E-state index in [1.54, 1.807) is 0 Å². The van der Waals surface area contributed by atoms with Crippen molar-refractivity contribution in [3.05, 3.63) is 170 Å². The van der Waals surface area contributed by atoms with E-state index < -0.39 is 0 Å². The summed E-state index contributed by atoms with van der Waals surface area (Å²) in [4.78, 5) is 10.5. The SMILES string of the molecule is c1ccc(-c2nc(-n3c4cccc5ccc6c(-c7ccc8c9ccccc9n(-c9ccccc9)c8c7)ccc3c6c54)nc3ccccc23)cc1. The summed E-state index contributed by atoms with van der Waals surface area (Å²) in [6.07, 6.45) is 0. The molecule has 0 saturated carbocycles. The molecule has 11 aromatic rings. The van der Waals surface area contributed by atoms with Crippen molar-refractivity contribution in [2.75, 3.05) is 0 Å². The molecule has 3 heterocycles. The fraction of sp³-hybridized carbons (Fsp3) is 0. The van der Waals surface area contributed by atoms with Crippen molar-refractivity contribution in [3.63, 3.8) is 0 Å². The molecule has 0 aliphatic heterocycles. The molecule has 8 aromatic carbocycles. The lowest BCUT2D eigenvalue weighted by atomic mass is 9.94. The Kier molecular flexibility index (Phi) is 5.63. The number of nitrogens with zero attached hydrogens (tertiary/aromatic N) is 4. The summed E-state index contributed by atoms with van der Waals surface area (Å²) in [5.74, 6) is 0.675. The summed E-state index contributed by atoms with van der Waals surface area (Å²) >= 11 is 0. The number of aromatic nitrogens is 4.